The second-order valence-corrected chi connectivity index (χ2v) is 8.18. The highest BCUT2D eigenvalue weighted by Crippen LogP contribution is 2.31. The molecule has 2 aromatic rings. The molecule has 2 aromatic carbocycles. The summed E-state index contributed by atoms with van der Waals surface area (Å²) in [6, 6.07) is 11.4. The monoisotopic (exact) mass is 609 g/mol. The third kappa shape index (κ3) is 3.83. The molecule has 7 heteroatoms. The van der Waals surface area contributed by atoms with Gasteiger partial charge in [0.25, 0.3) is 0 Å². The Balaban J connectivity index is 2.04. The molecule has 0 aromatic heterocycles. The van der Waals surface area contributed by atoms with Crippen LogP contribution in [0.2, 0.25) is 0 Å². The lowest BCUT2D eigenvalue weighted by molar-refractivity contribution is -0.129. The van der Waals surface area contributed by atoms with Gasteiger partial charge in [0.1, 0.15) is 5.75 Å². The summed E-state index contributed by atoms with van der Waals surface area (Å²) in [5.41, 5.74) is 1.78. The molecule has 0 fully saturated rings. The molecule has 0 amide bonds. The number of hydrogen-bond acceptors (Lipinski definition) is 4. The number of rotatable bonds is 3. The molecule has 0 saturated carbocycles. The van der Waals surface area contributed by atoms with Gasteiger partial charge in [-0.25, -0.2) is 9.79 Å². The number of benzene rings is 2. The number of ether oxygens (including phenoxy) is 2. The van der Waals surface area contributed by atoms with Crippen molar-refractivity contribution in [1.82, 2.24) is 0 Å². The highest BCUT2D eigenvalue weighted by molar-refractivity contribution is 14.1. The molecule has 0 atom stereocenters. The summed E-state index contributed by atoms with van der Waals surface area (Å²) in [7, 11) is 1.61. The van der Waals surface area contributed by atoms with Crippen molar-refractivity contribution in [2.45, 2.75) is 0 Å². The van der Waals surface area contributed by atoms with E-state index in [0.29, 0.717) is 11.6 Å². The highest BCUT2D eigenvalue weighted by Gasteiger charge is 2.25. The number of nitrogens with zero attached hydrogens (tertiary/aromatic N) is 1. The van der Waals surface area contributed by atoms with Crippen LogP contribution in [0, 0.1) is 7.14 Å². The van der Waals surface area contributed by atoms with Gasteiger partial charge in [-0.3, -0.25) is 0 Å². The minimum Gasteiger partial charge on any atom is -0.495 e. The van der Waals surface area contributed by atoms with Gasteiger partial charge in [-0.1, -0.05) is 22.0 Å². The Hall–Kier alpha value is -0.940. The zero-order valence-corrected chi connectivity index (χ0v) is 18.2. The lowest BCUT2D eigenvalue weighted by atomic mass is 10.1. The summed E-state index contributed by atoms with van der Waals surface area (Å²) in [5.74, 6) is 0.537. The smallest absolute Gasteiger partial charge is 0.363 e. The number of carbonyl (C=O) groups excluding carboxylic acids is 1. The molecule has 0 spiro atoms. The average Bonchev–Trinajstić information content (AvgIpc) is 2.88. The van der Waals surface area contributed by atoms with Gasteiger partial charge >= 0.3 is 5.97 Å². The molecule has 0 aliphatic carbocycles. The molecule has 0 bridgehead atoms. The Morgan fingerprint density at radius 1 is 1.25 bits per heavy atom. The number of aliphatic imine (C=N–C) groups is 1. The molecule has 3 rings (SSSR count). The van der Waals surface area contributed by atoms with Crippen molar-refractivity contribution >= 4 is 79.1 Å². The van der Waals surface area contributed by atoms with Crippen molar-refractivity contribution in [2.75, 3.05) is 7.11 Å². The van der Waals surface area contributed by atoms with Gasteiger partial charge in [0, 0.05) is 19.2 Å². The quantitative estimate of drug-likeness (QED) is 0.279. The van der Waals surface area contributed by atoms with Gasteiger partial charge in [-0.15, -0.1) is 0 Å². The third-order valence-corrected chi connectivity index (χ3v) is 5.14. The van der Waals surface area contributed by atoms with E-state index in [1.54, 1.807) is 13.2 Å². The first kappa shape index (κ1) is 17.9. The molecule has 24 heavy (non-hydrogen) atoms. The molecule has 0 saturated heterocycles. The van der Waals surface area contributed by atoms with Gasteiger partial charge in [0.05, 0.1) is 10.7 Å². The number of methoxy groups -OCH3 is 1. The topological polar surface area (TPSA) is 47.9 Å². The van der Waals surface area contributed by atoms with Crippen molar-refractivity contribution < 1.29 is 14.3 Å². The van der Waals surface area contributed by atoms with Crippen molar-refractivity contribution in [1.29, 1.82) is 0 Å². The second-order valence-electron chi connectivity index (χ2n) is 4.86. The lowest BCUT2D eigenvalue weighted by Gasteiger charge is -2.08. The van der Waals surface area contributed by atoms with Crippen LogP contribution < -0.4 is 4.74 Å². The fraction of sp³-hybridized carbons (Fsp3) is 0.0588. The molecule has 0 N–H and O–H groups in total. The molecular formula is C17H10BrI2NO3. The van der Waals surface area contributed by atoms with Crippen LogP contribution in [-0.2, 0) is 9.53 Å². The Labute approximate surface area is 174 Å². The Bertz CT molecular complexity index is 893. The Kier molecular flexibility index (Phi) is 5.60. The maximum absolute atomic E-state index is 12.2. The minimum atomic E-state index is -0.471. The maximum Gasteiger partial charge on any atom is 0.363 e. The zero-order valence-electron chi connectivity index (χ0n) is 12.3. The van der Waals surface area contributed by atoms with Gasteiger partial charge in [-0.2, -0.15) is 0 Å². The number of cyclic esters (lactones) is 1. The van der Waals surface area contributed by atoms with Crippen molar-refractivity contribution in [3.63, 3.8) is 0 Å². The van der Waals surface area contributed by atoms with E-state index in [0.717, 1.165) is 22.7 Å². The Morgan fingerprint density at radius 2 is 2.04 bits per heavy atom. The predicted octanol–water partition coefficient (Wildman–Crippen LogP) is 5.01. The van der Waals surface area contributed by atoms with E-state index in [1.807, 2.05) is 36.4 Å². The number of esters is 1. The number of halogens is 3. The van der Waals surface area contributed by atoms with Crippen LogP contribution in [-0.4, -0.2) is 19.0 Å². The van der Waals surface area contributed by atoms with E-state index in [9.17, 15) is 4.79 Å². The van der Waals surface area contributed by atoms with Crippen LogP contribution in [0.4, 0.5) is 0 Å². The van der Waals surface area contributed by atoms with E-state index < -0.39 is 5.97 Å². The molecular weight excluding hydrogens is 600 g/mol. The highest BCUT2D eigenvalue weighted by atomic mass is 127. The van der Waals surface area contributed by atoms with Gasteiger partial charge in [-0.05, 0) is 81.6 Å². The second kappa shape index (κ2) is 7.52. The summed E-state index contributed by atoms with van der Waals surface area (Å²) < 4.78 is 13.7. The SMILES string of the molecule is COc1c(I)cc(I)cc1/C=C1\N=C(c2cccc(Br)c2)OC1=O. The zero-order chi connectivity index (χ0) is 17.3. The van der Waals surface area contributed by atoms with Crippen LogP contribution in [0.3, 0.4) is 0 Å². The van der Waals surface area contributed by atoms with E-state index >= 15 is 0 Å². The summed E-state index contributed by atoms with van der Waals surface area (Å²) in [4.78, 5) is 16.5. The van der Waals surface area contributed by atoms with Gasteiger partial charge < -0.3 is 9.47 Å². The normalized spacial score (nSPS) is 15.4. The van der Waals surface area contributed by atoms with E-state index in [2.05, 4.69) is 66.1 Å². The molecule has 1 aliphatic heterocycles. The minimum absolute atomic E-state index is 0.251. The van der Waals surface area contributed by atoms with Crippen molar-refractivity contribution in [2.24, 2.45) is 4.99 Å². The van der Waals surface area contributed by atoms with Crippen LogP contribution in [0.15, 0.2) is 51.6 Å². The maximum atomic E-state index is 12.2. The van der Waals surface area contributed by atoms with E-state index in [4.69, 9.17) is 9.47 Å². The first-order valence-corrected chi connectivity index (χ1v) is 9.74. The molecule has 122 valence electrons. The average molecular weight is 610 g/mol. The Morgan fingerprint density at radius 3 is 2.75 bits per heavy atom. The first-order chi connectivity index (χ1) is 11.5. The predicted molar refractivity (Wildman–Crippen MR) is 113 cm³/mol. The summed E-state index contributed by atoms with van der Waals surface area (Å²) in [6.07, 6.45) is 1.69. The molecule has 0 unspecified atom stereocenters. The van der Waals surface area contributed by atoms with Crippen LogP contribution in [0.25, 0.3) is 6.08 Å². The first-order valence-electron chi connectivity index (χ1n) is 6.79. The largest absolute Gasteiger partial charge is 0.495 e. The third-order valence-electron chi connectivity index (χ3n) is 3.23. The molecule has 1 aliphatic rings. The molecule has 0 radical (unpaired) electrons. The number of hydrogen-bond donors (Lipinski definition) is 0. The van der Waals surface area contributed by atoms with E-state index in [-0.39, 0.29) is 5.70 Å². The van der Waals surface area contributed by atoms with E-state index in [1.165, 1.54) is 0 Å². The standard InChI is InChI=1S/C17H10BrI2NO3/c1-23-15-10(6-12(19)8-13(15)20)7-14-17(22)24-16(21-14)9-3-2-4-11(18)5-9/h2-8H,1H3/b14-7-. The fourth-order valence-electron chi connectivity index (χ4n) is 2.20. The van der Waals surface area contributed by atoms with Crippen molar-refractivity contribution in [3.8, 4) is 5.75 Å². The fourth-order valence-corrected chi connectivity index (χ4v) is 4.71. The van der Waals surface area contributed by atoms with Crippen LogP contribution in [0.5, 0.6) is 5.75 Å². The molecule has 1 heterocycles. The van der Waals surface area contributed by atoms with Crippen LogP contribution in [0.1, 0.15) is 11.1 Å². The summed E-state index contributed by atoms with van der Waals surface area (Å²) in [6.45, 7) is 0. The van der Waals surface area contributed by atoms with Gasteiger partial charge in [0.2, 0.25) is 5.90 Å². The summed E-state index contributed by atoms with van der Waals surface area (Å²) in [5, 5.41) is 0. The summed E-state index contributed by atoms with van der Waals surface area (Å²) >= 11 is 7.83. The van der Waals surface area contributed by atoms with Gasteiger partial charge in [0.15, 0.2) is 5.70 Å². The molecule has 4 nitrogen and oxygen atoms in total. The van der Waals surface area contributed by atoms with Crippen LogP contribution >= 0.6 is 61.1 Å². The number of carbonyl (C=O) groups is 1. The van der Waals surface area contributed by atoms with Crippen molar-refractivity contribution in [3.05, 3.63) is 64.8 Å². The lowest BCUT2D eigenvalue weighted by Crippen LogP contribution is -2.05.